The quantitative estimate of drug-likeness (QED) is 0.613. The molecule has 0 aliphatic carbocycles. The summed E-state index contributed by atoms with van der Waals surface area (Å²) < 4.78 is 0. The molecule has 0 spiro atoms. The van der Waals surface area contributed by atoms with E-state index in [2.05, 4.69) is 67.6 Å². The van der Waals surface area contributed by atoms with Crippen molar-refractivity contribution in [3.63, 3.8) is 0 Å². The van der Waals surface area contributed by atoms with Crippen molar-refractivity contribution in [1.82, 2.24) is 0 Å². The Morgan fingerprint density at radius 2 is 1.33 bits per heavy atom. The Labute approximate surface area is 95.5 Å². The van der Waals surface area contributed by atoms with Crippen molar-refractivity contribution in [1.29, 1.82) is 0 Å². The summed E-state index contributed by atoms with van der Waals surface area (Å²) in [5, 5.41) is 0.242. The monoisotopic (exact) mass is 202 g/mol. The van der Waals surface area contributed by atoms with Gasteiger partial charge in [-0.25, -0.2) is 0 Å². The van der Waals surface area contributed by atoms with E-state index < -0.39 is 0 Å². The molecule has 0 saturated carbocycles. The van der Waals surface area contributed by atoms with Crippen LogP contribution < -0.4 is 0 Å². The van der Waals surface area contributed by atoms with Crippen molar-refractivity contribution in [2.75, 3.05) is 0 Å². The van der Waals surface area contributed by atoms with Crippen LogP contribution in [0.1, 0.15) is 51.3 Å². The van der Waals surface area contributed by atoms with Crippen LogP contribution in [0.4, 0.5) is 0 Å². The van der Waals surface area contributed by atoms with Crippen LogP contribution in [0.5, 0.6) is 0 Å². The first-order valence-corrected chi connectivity index (χ1v) is 5.73. The molecular formula is C14H23B. The molecule has 1 aromatic carbocycles. The van der Waals surface area contributed by atoms with Gasteiger partial charge in [-0.15, -0.1) is 0 Å². The number of hydrogen-bond donors (Lipinski definition) is 0. The van der Waals surface area contributed by atoms with Gasteiger partial charge in [-0.1, -0.05) is 58.4 Å². The minimum atomic E-state index is 0.242. The van der Waals surface area contributed by atoms with E-state index in [1.165, 1.54) is 16.7 Å². The molecule has 0 atom stereocenters. The summed E-state index contributed by atoms with van der Waals surface area (Å²) in [5.74, 6) is 0. The van der Waals surface area contributed by atoms with Gasteiger partial charge >= 0.3 is 0 Å². The summed E-state index contributed by atoms with van der Waals surface area (Å²) in [6, 6.07) is 6.96. The van der Waals surface area contributed by atoms with E-state index in [0.29, 0.717) is 0 Å². The first-order chi connectivity index (χ1) is 6.60. The maximum Gasteiger partial charge on any atom is 0.114 e. The predicted octanol–water partition coefficient (Wildman–Crippen LogP) is 3.16. The second kappa shape index (κ2) is 3.70. The lowest BCUT2D eigenvalue weighted by Crippen LogP contribution is -2.19. The Hall–Kier alpha value is -0.715. The summed E-state index contributed by atoms with van der Waals surface area (Å²) in [6.45, 7) is 13.5. The van der Waals surface area contributed by atoms with Crippen molar-refractivity contribution in [2.45, 2.75) is 52.3 Å². The topological polar surface area (TPSA) is 0 Å². The van der Waals surface area contributed by atoms with Gasteiger partial charge in [0.15, 0.2) is 0 Å². The van der Waals surface area contributed by atoms with E-state index in [0.717, 1.165) is 0 Å². The zero-order valence-electron chi connectivity index (χ0n) is 11.2. The van der Waals surface area contributed by atoms with Gasteiger partial charge in [-0.05, 0) is 28.8 Å². The summed E-state index contributed by atoms with van der Waals surface area (Å²) in [4.78, 5) is 0. The lowest BCUT2D eigenvalue weighted by molar-refractivity contribution is 0.586. The van der Waals surface area contributed by atoms with Crippen LogP contribution in [-0.4, -0.2) is 7.85 Å². The fraction of sp³-hybridized carbons (Fsp3) is 0.571. The minimum Gasteiger partial charge on any atom is -0.0632 e. The van der Waals surface area contributed by atoms with Crippen molar-refractivity contribution < 1.29 is 0 Å². The third-order valence-electron chi connectivity index (χ3n) is 2.81. The van der Waals surface area contributed by atoms with Crippen molar-refractivity contribution in [3.8, 4) is 0 Å². The number of hydrogen-bond acceptors (Lipinski definition) is 0. The first kappa shape index (κ1) is 12.4. The summed E-state index contributed by atoms with van der Waals surface area (Å²) in [5.41, 5.74) is 4.48. The molecule has 0 aliphatic heterocycles. The molecule has 0 unspecified atom stereocenters. The maximum absolute atomic E-state index is 2.35. The van der Waals surface area contributed by atoms with Gasteiger partial charge < -0.3 is 0 Å². The van der Waals surface area contributed by atoms with Crippen LogP contribution in [0.3, 0.4) is 0 Å². The fourth-order valence-electron chi connectivity index (χ4n) is 1.65. The van der Waals surface area contributed by atoms with Crippen molar-refractivity contribution in [3.05, 3.63) is 34.9 Å². The van der Waals surface area contributed by atoms with Gasteiger partial charge in [0, 0.05) is 0 Å². The highest BCUT2D eigenvalue weighted by Gasteiger charge is 2.19. The SMILES string of the molecule is BC(C)(C)c1cc(C)cc(C(C)(C)C)c1. The van der Waals surface area contributed by atoms with Crippen molar-refractivity contribution >= 4 is 7.85 Å². The standard InChI is InChI=1S/C14H23B/c1-10-7-11(13(2,3)4)9-12(8-10)14(5,6)15/h7-9H,15H2,1-6H3. The normalized spacial score (nSPS) is 12.9. The molecule has 0 bridgehead atoms. The van der Waals surface area contributed by atoms with Crippen molar-refractivity contribution in [2.24, 2.45) is 0 Å². The molecule has 0 N–H and O–H groups in total. The van der Waals surface area contributed by atoms with Gasteiger partial charge in [0.05, 0.1) is 0 Å². The third-order valence-corrected chi connectivity index (χ3v) is 2.81. The second-order valence-electron chi connectivity index (χ2n) is 6.59. The molecule has 1 aromatic rings. The maximum atomic E-state index is 2.35. The van der Waals surface area contributed by atoms with Crippen LogP contribution in [0, 0.1) is 6.92 Å². The number of benzene rings is 1. The Balaban J connectivity index is 3.30. The van der Waals surface area contributed by atoms with Gasteiger partial charge in [-0.2, -0.15) is 0 Å². The summed E-state index contributed by atoms with van der Waals surface area (Å²) in [6.07, 6.45) is 0. The van der Waals surface area contributed by atoms with E-state index in [1.54, 1.807) is 0 Å². The lowest BCUT2D eigenvalue weighted by Gasteiger charge is -2.25. The zero-order chi connectivity index (χ0) is 11.9. The second-order valence-corrected chi connectivity index (χ2v) is 6.59. The summed E-state index contributed by atoms with van der Waals surface area (Å²) in [7, 11) is 2.27. The Kier molecular flexibility index (Phi) is 3.05. The lowest BCUT2D eigenvalue weighted by atomic mass is 9.66. The summed E-state index contributed by atoms with van der Waals surface area (Å²) >= 11 is 0. The van der Waals surface area contributed by atoms with Crippen LogP contribution in [0.25, 0.3) is 0 Å². The Morgan fingerprint density at radius 1 is 0.867 bits per heavy atom. The van der Waals surface area contributed by atoms with Gasteiger partial charge in [-0.3, -0.25) is 0 Å². The highest BCUT2D eigenvalue weighted by atomic mass is 14.2. The van der Waals surface area contributed by atoms with E-state index >= 15 is 0 Å². The van der Waals surface area contributed by atoms with Crippen LogP contribution >= 0.6 is 0 Å². The molecule has 0 fully saturated rings. The Morgan fingerprint density at radius 3 is 1.73 bits per heavy atom. The molecule has 15 heavy (non-hydrogen) atoms. The molecule has 0 amide bonds. The molecular weight excluding hydrogens is 179 g/mol. The van der Waals surface area contributed by atoms with Gasteiger partial charge in [0.25, 0.3) is 0 Å². The molecule has 0 aromatic heterocycles. The van der Waals surface area contributed by atoms with Crippen LogP contribution in [0.15, 0.2) is 18.2 Å². The van der Waals surface area contributed by atoms with E-state index in [1.807, 2.05) is 0 Å². The van der Waals surface area contributed by atoms with E-state index in [4.69, 9.17) is 0 Å². The smallest absolute Gasteiger partial charge is 0.0632 e. The molecule has 0 saturated heterocycles. The van der Waals surface area contributed by atoms with Crippen LogP contribution in [0.2, 0.25) is 0 Å². The average molecular weight is 202 g/mol. The fourth-order valence-corrected chi connectivity index (χ4v) is 1.65. The van der Waals surface area contributed by atoms with Crippen LogP contribution in [-0.2, 0) is 10.7 Å². The molecule has 0 heterocycles. The Bertz CT molecular complexity index is 318. The average Bonchev–Trinajstić information content (AvgIpc) is 1.99. The molecule has 0 radical (unpaired) electrons. The molecule has 0 aliphatic rings. The minimum absolute atomic E-state index is 0.242. The number of aryl methyl sites for hydroxylation is 1. The predicted molar refractivity (Wildman–Crippen MR) is 71.4 cm³/mol. The highest BCUT2D eigenvalue weighted by Crippen LogP contribution is 2.28. The molecule has 82 valence electrons. The highest BCUT2D eigenvalue weighted by molar-refractivity contribution is 6.15. The molecule has 1 rings (SSSR count). The zero-order valence-corrected chi connectivity index (χ0v) is 11.2. The van der Waals surface area contributed by atoms with Gasteiger partial charge in [0.2, 0.25) is 0 Å². The number of rotatable bonds is 1. The largest absolute Gasteiger partial charge is 0.114 e. The van der Waals surface area contributed by atoms with E-state index in [9.17, 15) is 0 Å². The molecule has 1 heteroatoms. The van der Waals surface area contributed by atoms with E-state index in [-0.39, 0.29) is 10.7 Å². The molecule has 0 nitrogen and oxygen atoms in total. The third kappa shape index (κ3) is 3.12. The van der Waals surface area contributed by atoms with Gasteiger partial charge in [0.1, 0.15) is 7.85 Å². The first-order valence-electron chi connectivity index (χ1n) is 5.73.